The molecule has 0 atom stereocenters. The molecule has 1 aliphatic rings. The topological polar surface area (TPSA) is 122 Å². The van der Waals surface area contributed by atoms with Gasteiger partial charge in [0.15, 0.2) is 0 Å². The Hall–Kier alpha value is -3.53. The van der Waals surface area contributed by atoms with Gasteiger partial charge in [-0.25, -0.2) is 0 Å². The SMILES string of the molecule is O=C1O[N+](c2ccccc2[N+](=O)[O-])(c2ccccc2[N+](=O)[O-])O1. The highest BCUT2D eigenvalue weighted by Gasteiger charge is 2.62. The van der Waals surface area contributed by atoms with Crippen LogP contribution in [0, 0.1) is 20.2 Å². The maximum atomic E-state index is 11.2. The second kappa shape index (κ2) is 5.03. The number of rotatable bonds is 4. The van der Waals surface area contributed by atoms with Crippen LogP contribution in [0.15, 0.2) is 48.5 Å². The Labute approximate surface area is 127 Å². The molecule has 10 heteroatoms. The number of nitro groups is 2. The lowest BCUT2D eigenvalue weighted by molar-refractivity contribution is -0.402. The number of para-hydroxylation sites is 4. The van der Waals surface area contributed by atoms with Gasteiger partial charge in [0.1, 0.15) is 4.81 Å². The zero-order valence-electron chi connectivity index (χ0n) is 11.3. The van der Waals surface area contributed by atoms with Gasteiger partial charge in [-0.2, -0.15) is 14.5 Å². The van der Waals surface area contributed by atoms with E-state index in [1.54, 1.807) is 0 Å². The molecule has 0 unspecified atom stereocenters. The first-order valence-electron chi connectivity index (χ1n) is 6.26. The highest BCUT2D eigenvalue weighted by atomic mass is 17.2. The van der Waals surface area contributed by atoms with E-state index in [0.29, 0.717) is 0 Å². The molecule has 2 aromatic carbocycles. The van der Waals surface area contributed by atoms with E-state index in [9.17, 15) is 25.0 Å². The van der Waals surface area contributed by atoms with Gasteiger partial charge in [0.25, 0.3) is 0 Å². The first-order valence-corrected chi connectivity index (χ1v) is 6.26. The first kappa shape index (κ1) is 14.4. The summed E-state index contributed by atoms with van der Waals surface area (Å²) in [6.45, 7) is 0. The summed E-state index contributed by atoms with van der Waals surface area (Å²) in [6.07, 6.45) is -1.10. The van der Waals surface area contributed by atoms with E-state index in [1.807, 2.05) is 0 Å². The fourth-order valence-electron chi connectivity index (χ4n) is 2.28. The van der Waals surface area contributed by atoms with Crippen molar-refractivity contribution in [2.24, 2.45) is 0 Å². The van der Waals surface area contributed by atoms with Gasteiger partial charge in [0.2, 0.25) is 0 Å². The van der Waals surface area contributed by atoms with Crippen molar-refractivity contribution in [3.8, 4) is 0 Å². The Morgan fingerprint density at radius 1 is 0.783 bits per heavy atom. The van der Waals surface area contributed by atoms with Gasteiger partial charge in [-0.05, 0) is 0 Å². The fraction of sp³-hybridized carbons (Fsp3) is 0. The minimum Gasteiger partial charge on any atom is -0.258 e. The number of nitrogens with zero attached hydrogens (tertiary/aromatic N) is 3. The minimum absolute atomic E-state index is 0.161. The third-order valence-electron chi connectivity index (χ3n) is 3.20. The van der Waals surface area contributed by atoms with Crippen LogP contribution in [0.2, 0.25) is 0 Å². The molecule has 1 saturated heterocycles. The van der Waals surface area contributed by atoms with Crippen LogP contribution in [0.1, 0.15) is 0 Å². The summed E-state index contributed by atoms with van der Waals surface area (Å²) in [5.41, 5.74) is -1.13. The molecule has 0 saturated carbocycles. The van der Waals surface area contributed by atoms with Crippen LogP contribution in [-0.2, 0) is 9.68 Å². The van der Waals surface area contributed by atoms with E-state index in [-0.39, 0.29) is 11.4 Å². The molecule has 1 fully saturated rings. The molecule has 1 heterocycles. The van der Waals surface area contributed by atoms with Crippen molar-refractivity contribution in [3.05, 3.63) is 68.8 Å². The van der Waals surface area contributed by atoms with Gasteiger partial charge in [0.05, 0.1) is 9.85 Å². The van der Waals surface area contributed by atoms with E-state index in [4.69, 9.17) is 9.68 Å². The zero-order valence-corrected chi connectivity index (χ0v) is 11.3. The molecule has 23 heavy (non-hydrogen) atoms. The second-order valence-corrected chi connectivity index (χ2v) is 4.48. The maximum Gasteiger partial charge on any atom is 0.620 e. The average Bonchev–Trinajstić information content (AvgIpc) is 2.51. The summed E-state index contributed by atoms with van der Waals surface area (Å²) in [5.74, 6) is 0. The van der Waals surface area contributed by atoms with Crippen LogP contribution in [0.3, 0.4) is 0 Å². The van der Waals surface area contributed by atoms with Crippen LogP contribution < -0.4 is 4.81 Å². The third kappa shape index (κ3) is 2.13. The lowest BCUT2D eigenvalue weighted by Gasteiger charge is -2.32. The zero-order chi connectivity index (χ0) is 16.6. The van der Waals surface area contributed by atoms with Crippen molar-refractivity contribution in [1.82, 2.24) is 4.81 Å². The largest absolute Gasteiger partial charge is 0.620 e. The van der Waals surface area contributed by atoms with Crippen LogP contribution in [-0.4, -0.2) is 16.0 Å². The molecule has 0 spiro atoms. The predicted molar refractivity (Wildman–Crippen MR) is 75.2 cm³/mol. The molecule has 1 aliphatic heterocycles. The number of carbonyl (C=O) groups excluding carboxylic acids is 1. The molecule has 0 amide bonds. The summed E-state index contributed by atoms with van der Waals surface area (Å²) in [6, 6.07) is 10.7. The van der Waals surface area contributed by atoms with Crippen molar-refractivity contribution in [3.63, 3.8) is 0 Å². The van der Waals surface area contributed by atoms with Crippen molar-refractivity contribution in [2.45, 2.75) is 0 Å². The molecule has 10 nitrogen and oxygen atoms in total. The molecule has 3 rings (SSSR count). The molecule has 0 aliphatic carbocycles. The summed E-state index contributed by atoms with van der Waals surface area (Å²) < 4.78 is 0. The van der Waals surface area contributed by atoms with Crippen molar-refractivity contribution in [1.29, 1.82) is 0 Å². The Balaban J connectivity index is 2.26. The summed E-state index contributed by atoms with van der Waals surface area (Å²) >= 11 is 0. The Kier molecular flexibility index (Phi) is 3.15. The fourth-order valence-corrected chi connectivity index (χ4v) is 2.28. The quantitative estimate of drug-likeness (QED) is 0.482. The van der Waals surface area contributed by atoms with E-state index >= 15 is 0 Å². The highest BCUT2D eigenvalue weighted by molar-refractivity contribution is 5.78. The number of quaternary nitrogens is 1. The average molecular weight is 318 g/mol. The second-order valence-electron chi connectivity index (χ2n) is 4.48. The molecule has 116 valence electrons. The third-order valence-corrected chi connectivity index (χ3v) is 3.20. The number of hydrogen-bond donors (Lipinski definition) is 0. The van der Waals surface area contributed by atoms with Crippen molar-refractivity contribution >= 4 is 28.9 Å². The van der Waals surface area contributed by atoms with Gasteiger partial charge in [-0.3, -0.25) is 20.2 Å². The summed E-state index contributed by atoms with van der Waals surface area (Å²) in [4.78, 5) is 40.9. The number of hydrogen-bond acceptors (Lipinski definition) is 7. The van der Waals surface area contributed by atoms with E-state index < -0.39 is 32.2 Å². The standard InChI is InChI=1S/C13H8N3O7/c17-13-22-16(23-13,11-7-3-1-5-9(11)14(18)19)12-8-4-2-6-10(12)15(20)21/h1-8H/q+1. The highest BCUT2D eigenvalue weighted by Crippen LogP contribution is 2.49. The van der Waals surface area contributed by atoms with Crippen LogP contribution in [0.5, 0.6) is 0 Å². The molecule has 0 N–H and O–H groups in total. The Morgan fingerprint density at radius 3 is 1.52 bits per heavy atom. The summed E-state index contributed by atoms with van der Waals surface area (Å²) in [5, 5.41) is 22.4. The molecular weight excluding hydrogens is 310 g/mol. The van der Waals surface area contributed by atoms with E-state index in [0.717, 1.165) is 0 Å². The predicted octanol–water partition coefficient (Wildman–Crippen LogP) is 3.14. The minimum atomic E-state index is -1.20. The lowest BCUT2D eigenvalue weighted by Crippen LogP contribution is -2.57. The van der Waals surface area contributed by atoms with Crippen LogP contribution >= 0.6 is 0 Å². The molecule has 0 aromatic heterocycles. The first-order chi connectivity index (χ1) is 11.0. The van der Waals surface area contributed by atoms with Gasteiger partial charge >= 0.3 is 28.9 Å². The smallest absolute Gasteiger partial charge is 0.258 e. The normalized spacial score (nSPS) is 15.0. The van der Waals surface area contributed by atoms with Gasteiger partial charge in [-0.15, -0.1) is 0 Å². The number of benzene rings is 2. The van der Waals surface area contributed by atoms with Gasteiger partial charge in [-0.1, -0.05) is 24.3 Å². The molecule has 2 aromatic rings. The van der Waals surface area contributed by atoms with E-state index in [2.05, 4.69) is 0 Å². The van der Waals surface area contributed by atoms with Gasteiger partial charge in [0, 0.05) is 24.3 Å². The Bertz CT molecular complexity index is 768. The van der Waals surface area contributed by atoms with Crippen molar-refractivity contribution in [2.75, 3.05) is 0 Å². The monoisotopic (exact) mass is 318 g/mol. The Morgan fingerprint density at radius 2 is 1.17 bits per heavy atom. The van der Waals surface area contributed by atoms with Crippen LogP contribution in [0.25, 0.3) is 0 Å². The maximum absolute atomic E-state index is 11.2. The van der Waals surface area contributed by atoms with Crippen molar-refractivity contribution < 1.29 is 24.3 Å². The van der Waals surface area contributed by atoms with Gasteiger partial charge < -0.3 is 0 Å². The molecule has 0 radical (unpaired) electrons. The molecule has 0 bridgehead atoms. The number of carbonyl (C=O) groups is 1. The lowest BCUT2D eigenvalue weighted by atomic mass is 10.2. The van der Waals surface area contributed by atoms with E-state index in [1.165, 1.54) is 48.5 Å². The number of nitro benzene ring substituents is 2. The summed E-state index contributed by atoms with van der Waals surface area (Å²) in [7, 11) is 0. The molecular formula is C13H8N3O7+. The van der Waals surface area contributed by atoms with Crippen LogP contribution in [0.4, 0.5) is 27.5 Å².